The molecule has 1 heterocycles. The number of rotatable bonds is 1. The molecule has 2 heteroatoms. The number of hydrogen-bond donors (Lipinski definition) is 0. The third-order valence-electron chi connectivity index (χ3n) is 1.76. The van der Waals surface area contributed by atoms with Gasteiger partial charge in [0.25, 0.3) is 0 Å². The van der Waals surface area contributed by atoms with Crippen molar-refractivity contribution in [2.24, 2.45) is 0 Å². The van der Waals surface area contributed by atoms with Gasteiger partial charge in [-0.2, -0.15) is 0 Å². The Labute approximate surface area is 87.1 Å². The average molecular weight is 247 g/mol. The maximum atomic E-state index is 3.57. The molecule has 68 valence electrons. The van der Waals surface area contributed by atoms with Gasteiger partial charge in [-0.3, -0.25) is 0 Å². The van der Waals surface area contributed by atoms with Crippen LogP contribution >= 0.6 is 27.3 Å². The van der Waals surface area contributed by atoms with Crippen LogP contribution in [-0.2, 0) is 5.41 Å². The van der Waals surface area contributed by atoms with Crippen molar-refractivity contribution in [3.8, 4) is 0 Å². The van der Waals surface area contributed by atoms with E-state index in [0.717, 1.165) is 0 Å². The highest BCUT2D eigenvalue weighted by Gasteiger charge is 2.16. The zero-order valence-corrected chi connectivity index (χ0v) is 10.4. The Balaban J connectivity index is 2.92. The van der Waals surface area contributed by atoms with Crippen molar-refractivity contribution in [2.75, 3.05) is 0 Å². The lowest BCUT2D eigenvalue weighted by Gasteiger charge is -2.15. The minimum Gasteiger partial charge on any atom is -0.144 e. The van der Waals surface area contributed by atoms with Gasteiger partial charge in [-0.1, -0.05) is 36.7 Å². The van der Waals surface area contributed by atoms with Crippen LogP contribution in [0.1, 0.15) is 42.3 Å². The van der Waals surface area contributed by atoms with E-state index in [1.807, 2.05) is 11.3 Å². The summed E-state index contributed by atoms with van der Waals surface area (Å²) in [6, 6.07) is 4.45. The van der Waals surface area contributed by atoms with E-state index in [2.05, 4.69) is 55.8 Å². The Morgan fingerprint density at radius 1 is 1.33 bits per heavy atom. The second kappa shape index (κ2) is 3.51. The van der Waals surface area contributed by atoms with Gasteiger partial charge in [-0.25, -0.2) is 0 Å². The fourth-order valence-corrected chi connectivity index (χ4v) is 2.40. The molecule has 1 aromatic rings. The molecular formula is C10H15BrS. The molecule has 1 aromatic heterocycles. The molecular weight excluding hydrogens is 232 g/mol. The maximum absolute atomic E-state index is 3.57. The van der Waals surface area contributed by atoms with Crippen molar-refractivity contribution in [3.63, 3.8) is 0 Å². The van der Waals surface area contributed by atoms with Gasteiger partial charge in [0.05, 0.1) is 0 Å². The van der Waals surface area contributed by atoms with Gasteiger partial charge in [0.1, 0.15) is 0 Å². The van der Waals surface area contributed by atoms with Gasteiger partial charge in [0.2, 0.25) is 0 Å². The van der Waals surface area contributed by atoms with Gasteiger partial charge in [-0.15, -0.1) is 11.3 Å². The average Bonchev–Trinajstić information content (AvgIpc) is 2.30. The zero-order chi connectivity index (χ0) is 9.35. The molecule has 0 aliphatic carbocycles. The van der Waals surface area contributed by atoms with Crippen LogP contribution in [0.15, 0.2) is 12.1 Å². The molecule has 0 saturated heterocycles. The molecule has 0 aliphatic heterocycles. The molecule has 12 heavy (non-hydrogen) atoms. The van der Waals surface area contributed by atoms with E-state index < -0.39 is 0 Å². The lowest BCUT2D eigenvalue weighted by atomic mass is 9.95. The Morgan fingerprint density at radius 3 is 2.17 bits per heavy atom. The number of alkyl halides is 1. The van der Waals surface area contributed by atoms with E-state index in [-0.39, 0.29) is 0 Å². The number of thiophene rings is 1. The smallest absolute Gasteiger partial charge is 0.0461 e. The molecule has 0 bridgehead atoms. The van der Waals surface area contributed by atoms with E-state index in [4.69, 9.17) is 0 Å². The van der Waals surface area contributed by atoms with Crippen molar-refractivity contribution in [1.82, 2.24) is 0 Å². The van der Waals surface area contributed by atoms with Crippen molar-refractivity contribution in [2.45, 2.75) is 37.9 Å². The first kappa shape index (κ1) is 10.3. The lowest BCUT2D eigenvalue weighted by molar-refractivity contribution is 0.604. The summed E-state index contributed by atoms with van der Waals surface area (Å²) in [4.78, 5) is 3.36. The van der Waals surface area contributed by atoms with E-state index in [0.29, 0.717) is 10.2 Å². The van der Waals surface area contributed by atoms with Gasteiger partial charge in [-0.05, 0) is 24.5 Å². The predicted molar refractivity (Wildman–Crippen MR) is 60.4 cm³/mol. The number of halogens is 1. The van der Waals surface area contributed by atoms with Crippen molar-refractivity contribution in [1.29, 1.82) is 0 Å². The van der Waals surface area contributed by atoms with Crippen molar-refractivity contribution < 1.29 is 0 Å². The highest BCUT2D eigenvalue weighted by molar-refractivity contribution is 9.09. The normalized spacial score (nSPS) is 14.8. The molecule has 0 amide bonds. The SMILES string of the molecule is CC(Br)c1ccc(C(C)(C)C)s1. The molecule has 1 atom stereocenters. The summed E-state index contributed by atoms with van der Waals surface area (Å²) >= 11 is 5.47. The molecule has 0 spiro atoms. The fraction of sp³-hybridized carbons (Fsp3) is 0.600. The van der Waals surface area contributed by atoms with Crippen LogP contribution in [0.5, 0.6) is 0 Å². The third kappa shape index (κ3) is 2.33. The Bertz CT molecular complexity index is 255. The van der Waals surface area contributed by atoms with Crippen LogP contribution in [0, 0.1) is 0 Å². The Hall–Kier alpha value is 0.180. The summed E-state index contributed by atoms with van der Waals surface area (Å²) < 4.78 is 0. The molecule has 0 fully saturated rings. The Kier molecular flexibility index (Phi) is 3.00. The maximum Gasteiger partial charge on any atom is 0.0461 e. The molecule has 0 aromatic carbocycles. The minimum atomic E-state index is 0.296. The van der Waals surface area contributed by atoms with Gasteiger partial charge >= 0.3 is 0 Å². The first-order valence-electron chi connectivity index (χ1n) is 4.15. The lowest BCUT2D eigenvalue weighted by Crippen LogP contribution is -2.07. The molecule has 0 nitrogen and oxygen atoms in total. The highest BCUT2D eigenvalue weighted by atomic mass is 79.9. The van der Waals surface area contributed by atoms with Crippen LogP contribution in [0.2, 0.25) is 0 Å². The van der Waals surface area contributed by atoms with Crippen LogP contribution in [-0.4, -0.2) is 0 Å². The van der Waals surface area contributed by atoms with Gasteiger partial charge < -0.3 is 0 Å². The van der Waals surface area contributed by atoms with Crippen molar-refractivity contribution in [3.05, 3.63) is 21.9 Å². The number of hydrogen-bond acceptors (Lipinski definition) is 1. The van der Waals surface area contributed by atoms with E-state index >= 15 is 0 Å². The summed E-state index contributed by atoms with van der Waals surface area (Å²) in [5.41, 5.74) is 0.296. The molecule has 1 unspecified atom stereocenters. The first-order chi connectivity index (χ1) is 5.41. The fourth-order valence-electron chi connectivity index (χ4n) is 0.970. The van der Waals surface area contributed by atoms with E-state index in [9.17, 15) is 0 Å². The van der Waals surface area contributed by atoms with Gasteiger partial charge in [0, 0.05) is 14.6 Å². The minimum absolute atomic E-state index is 0.296. The zero-order valence-electron chi connectivity index (χ0n) is 8.02. The van der Waals surface area contributed by atoms with Crippen LogP contribution in [0.3, 0.4) is 0 Å². The van der Waals surface area contributed by atoms with E-state index in [1.165, 1.54) is 9.75 Å². The molecule has 0 N–H and O–H groups in total. The summed E-state index contributed by atoms with van der Waals surface area (Å²) in [5.74, 6) is 0. The highest BCUT2D eigenvalue weighted by Crippen LogP contribution is 2.34. The summed E-state index contributed by atoms with van der Waals surface area (Å²) in [6.45, 7) is 8.92. The van der Waals surface area contributed by atoms with Crippen LogP contribution < -0.4 is 0 Å². The van der Waals surface area contributed by atoms with Gasteiger partial charge in [0.15, 0.2) is 0 Å². The van der Waals surface area contributed by atoms with E-state index in [1.54, 1.807) is 0 Å². The summed E-state index contributed by atoms with van der Waals surface area (Å²) in [7, 11) is 0. The summed E-state index contributed by atoms with van der Waals surface area (Å²) in [5, 5.41) is 0. The molecule has 0 radical (unpaired) electrons. The Morgan fingerprint density at radius 2 is 1.92 bits per heavy atom. The van der Waals surface area contributed by atoms with Crippen LogP contribution in [0.4, 0.5) is 0 Å². The quantitative estimate of drug-likeness (QED) is 0.641. The van der Waals surface area contributed by atoms with Crippen molar-refractivity contribution >= 4 is 27.3 Å². The predicted octanol–water partition coefficient (Wildman–Crippen LogP) is 4.50. The summed E-state index contributed by atoms with van der Waals surface area (Å²) in [6.07, 6.45) is 0. The standard InChI is InChI=1S/C10H15BrS/c1-7(11)8-5-6-9(12-8)10(2,3)4/h5-7H,1-4H3. The molecule has 1 rings (SSSR count). The largest absolute Gasteiger partial charge is 0.144 e. The second-order valence-corrected chi connectivity index (χ2v) is 6.56. The molecule has 0 saturated carbocycles. The monoisotopic (exact) mass is 246 g/mol. The molecule has 0 aliphatic rings. The topological polar surface area (TPSA) is 0 Å². The van der Waals surface area contributed by atoms with Crippen LogP contribution in [0.25, 0.3) is 0 Å². The third-order valence-corrected chi connectivity index (χ3v) is 4.25. The first-order valence-corrected chi connectivity index (χ1v) is 5.89. The second-order valence-electron chi connectivity index (χ2n) is 4.07.